The van der Waals surface area contributed by atoms with Gasteiger partial charge in [0, 0.05) is 6.07 Å². The maximum atomic E-state index is 12.0. The molecule has 120 valence electrons. The second kappa shape index (κ2) is 6.78. The van der Waals surface area contributed by atoms with Crippen molar-refractivity contribution in [1.29, 1.82) is 0 Å². The molecule has 0 bridgehead atoms. The third kappa shape index (κ3) is 3.68. The van der Waals surface area contributed by atoms with E-state index in [9.17, 15) is 4.79 Å². The van der Waals surface area contributed by atoms with Crippen molar-refractivity contribution in [3.8, 4) is 5.75 Å². The second-order valence-electron chi connectivity index (χ2n) is 5.02. The predicted molar refractivity (Wildman–Crippen MR) is 88.6 cm³/mol. The molecule has 0 spiro atoms. The number of thioether (sulfide) groups is 1. The van der Waals surface area contributed by atoms with Gasteiger partial charge in [0.25, 0.3) is 0 Å². The highest BCUT2D eigenvalue weighted by Crippen LogP contribution is 2.23. The van der Waals surface area contributed by atoms with Gasteiger partial charge in [0.1, 0.15) is 11.5 Å². The number of H-pyrrole nitrogens is 1. The average Bonchev–Trinajstić information content (AvgIpc) is 3.21. The predicted octanol–water partition coefficient (Wildman–Crippen LogP) is 3.13. The van der Waals surface area contributed by atoms with Gasteiger partial charge in [-0.3, -0.25) is 4.79 Å². The first kappa shape index (κ1) is 15.5. The van der Waals surface area contributed by atoms with Crippen LogP contribution in [-0.2, 0) is 4.79 Å². The van der Waals surface area contributed by atoms with Gasteiger partial charge >= 0.3 is 0 Å². The number of hydrogen-bond acceptors (Lipinski definition) is 5. The standard InChI is InChI=1S/C16H17N3O3S/c1-10(14-4-3-7-22-14)17-15(20)9-23-16-18-12-6-5-11(21-2)8-13(12)19-16/h3-8,10H,9H2,1-2H3,(H,17,20)(H,18,19)/t10-/m0/s1. The lowest BCUT2D eigenvalue weighted by molar-refractivity contribution is -0.119. The second-order valence-corrected chi connectivity index (χ2v) is 5.98. The fourth-order valence-corrected chi connectivity index (χ4v) is 2.88. The Morgan fingerprint density at radius 3 is 3.09 bits per heavy atom. The molecule has 3 rings (SSSR count). The van der Waals surface area contributed by atoms with Gasteiger partial charge in [0.2, 0.25) is 5.91 Å². The minimum atomic E-state index is -0.155. The first-order valence-electron chi connectivity index (χ1n) is 7.15. The Bertz CT molecular complexity index is 798. The van der Waals surface area contributed by atoms with Crippen molar-refractivity contribution >= 4 is 28.7 Å². The first-order chi connectivity index (χ1) is 11.2. The molecule has 2 aromatic heterocycles. The van der Waals surface area contributed by atoms with Crippen LogP contribution >= 0.6 is 11.8 Å². The number of carbonyl (C=O) groups excluding carboxylic acids is 1. The minimum absolute atomic E-state index is 0.0723. The van der Waals surface area contributed by atoms with E-state index in [1.807, 2.05) is 31.2 Å². The molecule has 0 unspecified atom stereocenters. The average molecular weight is 331 g/mol. The fraction of sp³-hybridized carbons (Fsp3) is 0.250. The number of rotatable bonds is 6. The molecule has 0 fully saturated rings. The molecule has 0 aliphatic rings. The zero-order valence-electron chi connectivity index (χ0n) is 12.8. The Balaban J connectivity index is 1.58. The number of aromatic amines is 1. The Labute approximate surface area is 137 Å². The van der Waals surface area contributed by atoms with Crippen molar-refractivity contribution in [2.45, 2.75) is 18.1 Å². The number of imidazole rings is 1. The summed E-state index contributed by atoms with van der Waals surface area (Å²) in [5.74, 6) is 1.71. The van der Waals surface area contributed by atoms with E-state index in [4.69, 9.17) is 9.15 Å². The lowest BCUT2D eigenvalue weighted by Gasteiger charge is -2.10. The molecule has 1 aromatic carbocycles. The van der Waals surface area contributed by atoms with Gasteiger partial charge < -0.3 is 19.5 Å². The number of hydrogen-bond donors (Lipinski definition) is 2. The van der Waals surface area contributed by atoms with Gasteiger partial charge in [-0.2, -0.15) is 0 Å². The van der Waals surface area contributed by atoms with Crippen molar-refractivity contribution < 1.29 is 13.9 Å². The van der Waals surface area contributed by atoms with E-state index >= 15 is 0 Å². The molecule has 0 saturated heterocycles. The van der Waals surface area contributed by atoms with Crippen molar-refractivity contribution in [3.63, 3.8) is 0 Å². The molecule has 0 aliphatic heterocycles. The summed E-state index contributed by atoms with van der Waals surface area (Å²) in [5, 5.41) is 3.59. The number of furan rings is 1. The molecular formula is C16H17N3O3S. The zero-order chi connectivity index (χ0) is 16.2. The molecule has 1 atom stereocenters. The molecule has 0 aliphatic carbocycles. The number of fused-ring (bicyclic) bond motifs is 1. The molecule has 6 nitrogen and oxygen atoms in total. The number of methoxy groups -OCH3 is 1. The highest BCUT2D eigenvalue weighted by atomic mass is 32.2. The Kier molecular flexibility index (Phi) is 4.57. The van der Waals surface area contributed by atoms with Crippen LogP contribution in [0.2, 0.25) is 0 Å². The monoisotopic (exact) mass is 331 g/mol. The smallest absolute Gasteiger partial charge is 0.231 e. The number of nitrogens with zero attached hydrogens (tertiary/aromatic N) is 1. The van der Waals surface area contributed by atoms with Gasteiger partial charge in [-0.15, -0.1) is 0 Å². The number of carbonyl (C=O) groups is 1. The van der Waals surface area contributed by atoms with Crippen LogP contribution in [-0.4, -0.2) is 28.7 Å². The maximum Gasteiger partial charge on any atom is 0.231 e. The molecule has 0 radical (unpaired) electrons. The summed E-state index contributed by atoms with van der Waals surface area (Å²) in [6, 6.07) is 9.10. The van der Waals surface area contributed by atoms with Gasteiger partial charge in [-0.05, 0) is 31.2 Å². The lowest BCUT2D eigenvalue weighted by atomic mass is 10.2. The topological polar surface area (TPSA) is 80.2 Å². The van der Waals surface area contributed by atoms with Crippen LogP contribution in [0.1, 0.15) is 18.7 Å². The van der Waals surface area contributed by atoms with Crippen molar-refractivity contribution in [2.75, 3.05) is 12.9 Å². The zero-order valence-corrected chi connectivity index (χ0v) is 13.6. The minimum Gasteiger partial charge on any atom is -0.497 e. The molecule has 23 heavy (non-hydrogen) atoms. The quantitative estimate of drug-likeness (QED) is 0.678. The number of ether oxygens (including phenoxy) is 1. The van der Waals surface area contributed by atoms with Crippen molar-refractivity contribution in [2.24, 2.45) is 0 Å². The van der Waals surface area contributed by atoms with Crippen LogP contribution in [0.4, 0.5) is 0 Å². The molecule has 2 heterocycles. The van der Waals surface area contributed by atoms with Gasteiger partial charge in [-0.25, -0.2) is 4.98 Å². The molecule has 7 heteroatoms. The molecule has 0 saturated carbocycles. The Morgan fingerprint density at radius 1 is 1.48 bits per heavy atom. The number of nitrogens with one attached hydrogen (secondary N) is 2. The largest absolute Gasteiger partial charge is 0.497 e. The van der Waals surface area contributed by atoms with Crippen LogP contribution in [0.25, 0.3) is 11.0 Å². The molecular weight excluding hydrogens is 314 g/mol. The van der Waals surface area contributed by atoms with Gasteiger partial charge in [-0.1, -0.05) is 11.8 Å². The molecule has 1 amide bonds. The summed E-state index contributed by atoms with van der Waals surface area (Å²) in [5.41, 5.74) is 1.73. The van der Waals surface area contributed by atoms with E-state index in [0.717, 1.165) is 22.5 Å². The van der Waals surface area contributed by atoms with Crippen LogP contribution in [0, 0.1) is 0 Å². The van der Waals surface area contributed by atoms with Gasteiger partial charge in [0.05, 0.1) is 36.2 Å². The summed E-state index contributed by atoms with van der Waals surface area (Å²) in [7, 11) is 1.62. The molecule has 2 N–H and O–H groups in total. The van der Waals surface area contributed by atoms with Gasteiger partial charge in [0.15, 0.2) is 5.16 Å². The van der Waals surface area contributed by atoms with E-state index < -0.39 is 0 Å². The molecule has 3 aromatic rings. The summed E-state index contributed by atoms with van der Waals surface area (Å²) >= 11 is 1.36. The number of amides is 1. The maximum absolute atomic E-state index is 12.0. The van der Waals surface area contributed by atoms with Crippen LogP contribution < -0.4 is 10.1 Å². The summed E-state index contributed by atoms with van der Waals surface area (Å²) in [6.45, 7) is 1.88. The summed E-state index contributed by atoms with van der Waals surface area (Å²) < 4.78 is 10.5. The number of aromatic nitrogens is 2. The fourth-order valence-electron chi connectivity index (χ4n) is 2.19. The van der Waals surface area contributed by atoms with Crippen LogP contribution in [0.3, 0.4) is 0 Å². The highest BCUT2D eigenvalue weighted by molar-refractivity contribution is 7.99. The van der Waals surface area contributed by atoms with E-state index in [2.05, 4.69) is 15.3 Å². The Morgan fingerprint density at radius 2 is 2.35 bits per heavy atom. The Hall–Kier alpha value is -2.41. The normalized spacial score (nSPS) is 12.3. The van der Waals surface area contributed by atoms with E-state index in [-0.39, 0.29) is 17.7 Å². The van der Waals surface area contributed by atoms with E-state index in [1.54, 1.807) is 19.4 Å². The number of benzene rings is 1. The van der Waals surface area contributed by atoms with E-state index in [0.29, 0.717) is 5.16 Å². The van der Waals surface area contributed by atoms with Crippen molar-refractivity contribution in [1.82, 2.24) is 15.3 Å². The third-order valence-electron chi connectivity index (χ3n) is 3.35. The highest BCUT2D eigenvalue weighted by Gasteiger charge is 2.13. The van der Waals surface area contributed by atoms with Crippen LogP contribution in [0.15, 0.2) is 46.2 Å². The third-order valence-corrected chi connectivity index (χ3v) is 4.23. The summed E-state index contributed by atoms with van der Waals surface area (Å²) in [4.78, 5) is 19.6. The summed E-state index contributed by atoms with van der Waals surface area (Å²) in [6.07, 6.45) is 1.59. The lowest BCUT2D eigenvalue weighted by Crippen LogP contribution is -2.27. The van der Waals surface area contributed by atoms with Crippen LogP contribution in [0.5, 0.6) is 5.75 Å². The SMILES string of the molecule is COc1ccc2nc(SCC(=O)N[C@@H](C)c3ccco3)[nH]c2c1. The first-order valence-corrected chi connectivity index (χ1v) is 8.13. The van der Waals surface area contributed by atoms with Crippen molar-refractivity contribution in [3.05, 3.63) is 42.4 Å². The van der Waals surface area contributed by atoms with E-state index in [1.165, 1.54) is 11.8 Å².